The normalized spacial score (nSPS) is 10.8. The minimum Gasteiger partial charge on any atom is -0.326 e. The molecule has 3 aromatic rings. The van der Waals surface area contributed by atoms with Gasteiger partial charge in [-0.05, 0) is 26.0 Å². The van der Waals surface area contributed by atoms with Crippen molar-refractivity contribution in [3.63, 3.8) is 0 Å². The van der Waals surface area contributed by atoms with Crippen molar-refractivity contribution < 1.29 is 0 Å². The van der Waals surface area contributed by atoms with Crippen LogP contribution in [0.5, 0.6) is 0 Å². The van der Waals surface area contributed by atoms with E-state index >= 15 is 0 Å². The molecule has 3 rings (SSSR count). The molecule has 0 aliphatic heterocycles. The van der Waals surface area contributed by atoms with Gasteiger partial charge in [0.1, 0.15) is 0 Å². The molecule has 0 aliphatic carbocycles. The first-order valence-corrected chi connectivity index (χ1v) is 6.97. The van der Waals surface area contributed by atoms with Gasteiger partial charge in [-0.15, -0.1) is 0 Å². The molecule has 5 nitrogen and oxygen atoms in total. The molecular formula is C16H19N5. The highest BCUT2D eigenvalue weighted by Crippen LogP contribution is 2.18. The van der Waals surface area contributed by atoms with Gasteiger partial charge in [0.15, 0.2) is 0 Å². The first-order chi connectivity index (χ1) is 10.1. The molecule has 0 bridgehead atoms. The standard InChI is InChI=1S/C16H19N5/c1-12-9-21(11-14-10-20(3)19-13(14)2)16(17-12)18-15-7-5-4-6-8-15/h4-10H,11H2,1-3H3,(H,17,18). The van der Waals surface area contributed by atoms with E-state index in [1.807, 2.05) is 55.9 Å². The largest absolute Gasteiger partial charge is 0.326 e. The lowest BCUT2D eigenvalue weighted by Gasteiger charge is -2.09. The van der Waals surface area contributed by atoms with E-state index in [9.17, 15) is 0 Å². The SMILES string of the molecule is Cc1cn(Cc2cn(C)nc2C)c(Nc2ccccc2)n1. The maximum Gasteiger partial charge on any atom is 0.207 e. The van der Waals surface area contributed by atoms with E-state index in [2.05, 4.69) is 32.4 Å². The maximum atomic E-state index is 4.56. The third-order valence-electron chi connectivity index (χ3n) is 3.38. The molecule has 1 N–H and O–H groups in total. The fourth-order valence-electron chi connectivity index (χ4n) is 2.41. The van der Waals surface area contributed by atoms with Gasteiger partial charge >= 0.3 is 0 Å². The van der Waals surface area contributed by atoms with Crippen molar-refractivity contribution in [2.75, 3.05) is 5.32 Å². The van der Waals surface area contributed by atoms with Crippen LogP contribution in [0.25, 0.3) is 0 Å². The van der Waals surface area contributed by atoms with Gasteiger partial charge in [-0.2, -0.15) is 5.10 Å². The highest BCUT2D eigenvalue weighted by molar-refractivity contribution is 5.53. The van der Waals surface area contributed by atoms with Crippen LogP contribution in [0, 0.1) is 13.8 Å². The lowest BCUT2D eigenvalue weighted by Crippen LogP contribution is -2.04. The predicted molar refractivity (Wildman–Crippen MR) is 83.7 cm³/mol. The van der Waals surface area contributed by atoms with E-state index < -0.39 is 0 Å². The van der Waals surface area contributed by atoms with Gasteiger partial charge in [-0.3, -0.25) is 4.68 Å². The molecule has 0 saturated carbocycles. The highest BCUT2D eigenvalue weighted by Gasteiger charge is 2.09. The van der Waals surface area contributed by atoms with Crippen molar-refractivity contribution in [2.24, 2.45) is 7.05 Å². The van der Waals surface area contributed by atoms with Gasteiger partial charge in [-0.1, -0.05) is 18.2 Å². The number of benzene rings is 1. The Morgan fingerprint density at radius 3 is 2.52 bits per heavy atom. The molecule has 0 aliphatic rings. The van der Waals surface area contributed by atoms with Crippen molar-refractivity contribution in [3.05, 3.63) is 59.7 Å². The van der Waals surface area contributed by atoms with Crippen LogP contribution in [-0.2, 0) is 13.6 Å². The summed E-state index contributed by atoms with van der Waals surface area (Å²) in [4.78, 5) is 4.56. The van der Waals surface area contributed by atoms with Crippen LogP contribution >= 0.6 is 0 Å². The summed E-state index contributed by atoms with van der Waals surface area (Å²) in [6, 6.07) is 10.1. The molecule has 0 saturated heterocycles. The van der Waals surface area contributed by atoms with Crippen LogP contribution in [0.2, 0.25) is 0 Å². The molecule has 0 atom stereocenters. The van der Waals surface area contributed by atoms with Crippen LogP contribution in [0.4, 0.5) is 11.6 Å². The number of rotatable bonds is 4. The van der Waals surface area contributed by atoms with Gasteiger partial charge in [0.2, 0.25) is 5.95 Å². The summed E-state index contributed by atoms with van der Waals surface area (Å²) >= 11 is 0. The summed E-state index contributed by atoms with van der Waals surface area (Å²) in [6.45, 7) is 4.79. The van der Waals surface area contributed by atoms with Crippen LogP contribution in [0.3, 0.4) is 0 Å². The second-order valence-corrected chi connectivity index (χ2v) is 5.24. The third kappa shape index (κ3) is 2.97. The number of imidazole rings is 1. The van der Waals surface area contributed by atoms with Gasteiger partial charge < -0.3 is 9.88 Å². The smallest absolute Gasteiger partial charge is 0.207 e. The van der Waals surface area contributed by atoms with E-state index in [0.29, 0.717) is 0 Å². The lowest BCUT2D eigenvalue weighted by atomic mass is 10.2. The van der Waals surface area contributed by atoms with Crippen LogP contribution in [0.15, 0.2) is 42.7 Å². The molecule has 2 aromatic heterocycles. The number of hydrogen-bond acceptors (Lipinski definition) is 3. The van der Waals surface area contributed by atoms with Crippen molar-refractivity contribution in [1.29, 1.82) is 0 Å². The fraction of sp³-hybridized carbons (Fsp3) is 0.250. The summed E-state index contributed by atoms with van der Waals surface area (Å²) in [5.41, 5.74) is 4.28. The van der Waals surface area contributed by atoms with Gasteiger partial charge in [0, 0.05) is 30.7 Å². The Kier molecular flexibility index (Phi) is 3.48. The van der Waals surface area contributed by atoms with Crippen LogP contribution in [0.1, 0.15) is 17.0 Å². The topological polar surface area (TPSA) is 47.7 Å². The average Bonchev–Trinajstić information content (AvgIpc) is 2.94. The van der Waals surface area contributed by atoms with Crippen molar-refractivity contribution in [3.8, 4) is 0 Å². The third-order valence-corrected chi connectivity index (χ3v) is 3.38. The number of hydrogen-bond donors (Lipinski definition) is 1. The van der Waals surface area contributed by atoms with Crippen molar-refractivity contribution >= 4 is 11.6 Å². The Bertz CT molecular complexity index is 739. The molecule has 21 heavy (non-hydrogen) atoms. The first-order valence-electron chi connectivity index (χ1n) is 6.97. The van der Waals surface area contributed by atoms with E-state index in [1.54, 1.807) is 0 Å². The van der Waals surface area contributed by atoms with E-state index in [4.69, 9.17) is 0 Å². The second kappa shape index (κ2) is 5.44. The summed E-state index contributed by atoms with van der Waals surface area (Å²) in [7, 11) is 1.94. The van der Waals surface area contributed by atoms with Crippen molar-refractivity contribution in [1.82, 2.24) is 19.3 Å². The summed E-state index contributed by atoms with van der Waals surface area (Å²) < 4.78 is 3.96. The molecule has 0 radical (unpaired) electrons. The molecule has 0 spiro atoms. The van der Waals surface area contributed by atoms with E-state index in [1.165, 1.54) is 5.56 Å². The van der Waals surface area contributed by atoms with Gasteiger partial charge in [0.25, 0.3) is 0 Å². The van der Waals surface area contributed by atoms with Crippen molar-refractivity contribution in [2.45, 2.75) is 20.4 Å². The van der Waals surface area contributed by atoms with E-state index in [-0.39, 0.29) is 0 Å². The molecule has 2 heterocycles. The second-order valence-electron chi connectivity index (χ2n) is 5.24. The maximum absolute atomic E-state index is 4.56. The molecule has 108 valence electrons. The summed E-state index contributed by atoms with van der Waals surface area (Å²) in [5, 5.41) is 7.75. The number of anilines is 2. The zero-order valence-electron chi connectivity index (χ0n) is 12.5. The molecule has 0 amide bonds. The zero-order valence-corrected chi connectivity index (χ0v) is 12.5. The number of aromatic nitrogens is 4. The van der Waals surface area contributed by atoms with Gasteiger partial charge in [-0.25, -0.2) is 4.98 Å². The minimum absolute atomic E-state index is 0.760. The molecule has 1 aromatic carbocycles. The Balaban J connectivity index is 1.87. The Hall–Kier alpha value is -2.56. The summed E-state index contributed by atoms with van der Waals surface area (Å²) in [6.07, 6.45) is 4.11. The highest BCUT2D eigenvalue weighted by atomic mass is 15.3. The van der Waals surface area contributed by atoms with Gasteiger partial charge in [0.05, 0.1) is 17.9 Å². The average molecular weight is 281 g/mol. The fourth-order valence-corrected chi connectivity index (χ4v) is 2.41. The van der Waals surface area contributed by atoms with Crippen LogP contribution in [-0.4, -0.2) is 19.3 Å². The number of aryl methyl sites for hydroxylation is 3. The monoisotopic (exact) mass is 281 g/mol. The first kappa shape index (κ1) is 13.4. The Labute approximate surface area is 124 Å². The van der Waals surface area contributed by atoms with Crippen LogP contribution < -0.4 is 5.32 Å². The lowest BCUT2D eigenvalue weighted by molar-refractivity contribution is 0.755. The molecule has 5 heteroatoms. The predicted octanol–water partition coefficient (Wildman–Crippen LogP) is 3.03. The molecule has 0 unspecified atom stereocenters. The zero-order chi connectivity index (χ0) is 14.8. The number of nitrogens with zero attached hydrogens (tertiary/aromatic N) is 4. The number of nitrogens with one attached hydrogen (secondary N) is 1. The Morgan fingerprint density at radius 2 is 1.86 bits per heavy atom. The molecule has 0 fully saturated rings. The number of para-hydroxylation sites is 1. The quantitative estimate of drug-likeness (QED) is 0.799. The Morgan fingerprint density at radius 1 is 1.10 bits per heavy atom. The molecular weight excluding hydrogens is 262 g/mol. The summed E-state index contributed by atoms with van der Waals surface area (Å²) in [5.74, 6) is 0.849. The minimum atomic E-state index is 0.760. The van der Waals surface area contributed by atoms with E-state index in [0.717, 1.165) is 29.6 Å².